The Morgan fingerprint density at radius 2 is 2.10 bits per heavy atom. The van der Waals surface area contributed by atoms with Crippen LogP contribution in [0, 0.1) is 0 Å². The van der Waals surface area contributed by atoms with Gasteiger partial charge in [0.2, 0.25) is 0 Å². The van der Waals surface area contributed by atoms with Crippen LogP contribution in [0.5, 0.6) is 5.75 Å². The molecule has 0 unspecified atom stereocenters. The van der Waals surface area contributed by atoms with Crippen molar-refractivity contribution < 1.29 is 4.74 Å². The molecule has 1 aromatic rings. The number of rotatable bonds is 1. The van der Waals surface area contributed by atoms with Gasteiger partial charge in [-0.15, -0.1) is 0 Å². The van der Waals surface area contributed by atoms with Crippen LogP contribution in [0.4, 0.5) is 0 Å². The molecule has 0 aromatic heterocycles. The maximum atomic E-state index is 5.03. The molecule has 0 bridgehead atoms. The summed E-state index contributed by atoms with van der Waals surface area (Å²) in [6, 6.07) is 6.22. The van der Waals surface area contributed by atoms with E-state index < -0.39 is 0 Å². The molecule has 2 rings (SSSR count). The van der Waals surface area contributed by atoms with Gasteiger partial charge in [-0.05, 0) is 29.7 Å². The number of benzene rings is 1. The summed E-state index contributed by atoms with van der Waals surface area (Å²) in [5.74, 6) is 0.978. The molecular formula is C8H11NO. The van der Waals surface area contributed by atoms with Crippen LogP contribution in [0.25, 0.3) is 0 Å². The smallest absolute Gasteiger partial charge is 0.119 e. The van der Waals surface area contributed by atoms with Crippen LogP contribution in [0.15, 0.2) is 18.2 Å². The lowest BCUT2D eigenvalue weighted by molar-refractivity contribution is 0.415. The minimum absolute atomic E-state index is 0. The number of fused-ring (bicyclic) bond motifs is 1. The molecule has 0 spiro atoms. The van der Waals surface area contributed by atoms with Gasteiger partial charge in [0.1, 0.15) is 5.75 Å². The molecule has 1 aromatic carbocycles. The topological polar surface area (TPSA) is 44.2 Å². The molecule has 0 atom stereocenters. The number of hydrogen-bond donors (Lipinski definition) is 1. The molecular weight excluding hydrogens is 126 g/mol. The zero-order valence-corrected chi connectivity index (χ0v) is 6.05. The van der Waals surface area contributed by atoms with E-state index in [-0.39, 0.29) is 6.15 Å². The second-order valence-corrected chi connectivity index (χ2v) is 2.31. The number of ether oxygens (including phenoxy) is 1. The van der Waals surface area contributed by atoms with Crippen molar-refractivity contribution in [2.45, 2.75) is 6.42 Å². The van der Waals surface area contributed by atoms with Gasteiger partial charge in [0.25, 0.3) is 0 Å². The fourth-order valence-corrected chi connectivity index (χ4v) is 1.00. The monoisotopic (exact) mass is 137 g/mol. The van der Waals surface area contributed by atoms with Crippen LogP contribution < -0.4 is 10.9 Å². The van der Waals surface area contributed by atoms with Crippen molar-refractivity contribution in [1.82, 2.24) is 6.15 Å². The maximum Gasteiger partial charge on any atom is 0.119 e. The Balaban J connectivity index is 0.000000500. The summed E-state index contributed by atoms with van der Waals surface area (Å²) in [6.07, 6.45) is 1.17. The van der Waals surface area contributed by atoms with E-state index in [0.29, 0.717) is 0 Å². The molecule has 1 aliphatic rings. The lowest BCUT2D eigenvalue weighted by Gasteiger charge is -1.93. The molecule has 0 heterocycles. The average Bonchev–Trinajstić information content (AvgIpc) is 2.64. The van der Waals surface area contributed by atoms with Gasteiger partial charge in [-0.1, -0.05) is 6.07 Å². The van der Waals surface area contributed by atoms with E-state index >= 15 is 0 Å². The summed E-state index contributed by atoms with van der Waals surface area (Å²) in [7, 11) is 1.70. The van der Waals surface area contributed by atoms with Crippen molar-refractivity contribution in [2.75, 3.05) is 7.11 Å². The molecule has 0 saturated heterocycles. The van der Waals surface area contributed by atoms with Crippen LogP contribution in [0.1, 0.15) is 11.1 Å². The molecule has 10 heavy (non-hydrogen) atoms. The number of methoxy groups -OCH3 is 1. The minimum atomic E-state index is 0. The predicted molar refractivity (Wildman–Crippen MR) is 40.8 cm³/mol. The summed E-state index contributed by atoms with van der Waals surface area (Å²) in [5.41, 5.74) is 2.91. The second kappa shape index (κ2) is 2.31. The molecule has 0 aliphatic heterocycles. The van der Waals surface area contributed by atoms with E-state index in [2.05, 4.69) is 12.1 Å². The van der Waals surface area contributed by atoms with Crippen molar-refractivity contribution in [1.29, 1.82) is 0 Å². The van der Waals surface area contributed by atoms with E-state index in [0.717, 1.165) is 5.75 Å². The molecule has 0 amide bonds. The highest BCUT2D eigenvalue weighted by Crippen LogP contribution is 2.30. The van der Waals surface area contributed by atoms with Crippen molar-refractivity contribution in [3.8, 4) is 5.75 Å². The highest BCUT2D eigenvalue weighted by molar-refractivity contribution is 5.49. The third kappa shape index (κ3) is 0.977. The summed E-state index contributed by atoms with van der Waals surface area (Å²) in [6.45, 7) is 0. The summed E-state index contributed by atoms with van der Waals surface area (Å²) >= 11 is 0. The first-order valence-corrected chi connectivity index (χ1v) is 3.06. The third-order valence-corrected chi connectivity index (χ3v) is 1.67. The Bertz CT molecular complexity index is 245. The predicted octanol–water partition coefficient (Wildman–Crippen LogP) is 1.76. The largest absolute Gasteiger partial charge is 0.497 e. The van der Waals surface area contributed by atoms with Gasteiger partial charge in [0.05, 0.1) is 7.11 Å². The highest BCUT2D eigenvalue weighted by atomic mass is 16.5. The van der Waals surface area contributed by atoms with Crippen molar-refractivity contribution in [3.05, 3.63) is 29.3 Å². The first-order valence-electron chi connectivity index (χ1n) is 3.06. The van der Waals surface area contributed by atoms with Crippen molar-refractivity contribution in [2.24, 2.45) is 0 Å². The summed E-state index contributed by atoms with van der Waals surface area (Å²) in [5, 5.41) is 0. The van der Waals surface area contributed by atoms with Crippen LogP contribution in [0.3, 0.4) is 0 Å². The Labute approximate surface area is 60.4 Å². The lowest BCUT2D eigenvalue weighted by atomic mass is 10.3. The van der Waals surface area contributed by atoms with Gasteiger partial charge in [-0.3, -0.25) is 0 Å². The standard InChI is InChI=1S/C8H8O.H3N/c1-9-8-3-2-6-4-7(6)5-8;/h2-3,5H,4H2,1H3;1H3. The van der Waals surface area contributed by atoms with Crippen LogP contribution in [0.2, 0.25) is 0 Å². The number of hydrogen-bond acceptors (Lipinski definition) is 2. The van der Waals surface area contributed by atoms with Gasteiger partial charge >= 0.3 is 0 Å². The first-order chi connectivity index (χ1) is 4.40. The van der Waals surface area contributed by atoms with Gasteiger partial charge in [-0.2, -0.15) is 0 Å². The second-order valence-electron chi connectivity index (χ2n) is 2.31. The Kier molecular flexibility index (Phi) is 1.64. The minimum Gasteiger partial charge on any atom is -0.497 e. The normalized spacial score (nSPS) is 11.3. The van der Waals surface area contributed by atoms with E-state index in [1.54, 1.807) is 7.11 Å². The van der Waals surface area contributed by atoms with Crippen LogP contribution in [-0.2, 0) is 6.42 Å². The van der Waals surface area contributed by atoms with Gasteiger partial charge < -0.3 is 10.9 Å². The molecule has 0 radical (unpaired) electrons. The van der Waals surface area contributed by atoms with Crippen molar-refractivity contribution in [3.63, 3.8) is 0 Å². The van der Waals surface area contributed by atoms with Gasteiger partial charge in [0, 0.05) is 0 Å². The van der Waals surface area contributed by atoms with E-state index in [9.17, 15) is 0 Å². The highest BCUT2D eigenvalue weighted by Gasteiger charge is 2.15. The molecule has 2 heteroatoms. The molecule has 3 N–H and O–H groups in total. The Hall–Kier alpha value is -1.02. The van der Waals surface area contributed by atoms with Crippen molar-refractivity contribution >= 4 is 0 Å². The SMILES string of the molecule is COc1ccc2c(c1)C2.N. The third-order valence-electron chi connectivity index (χ3n) is 1.67. The zero-order valence-electron chi connectivity index (χ0n) is 6.05. The summed E-state index contributed by atoms with van der Waals surface area (Å²) < 4.78 is 5.03. The summed E-state index contributed by atoms with van der Waals surface area (Å²) in [4.78, 5) is 0. The van der Waals surface area contributed by atoms with Crippen LogP contribution >= 0.6 is 0 Å². The lowest BCUT2D eigenvalue weighted by Crippen LogP contribution is -1.78. The quantitative estimate of drug-likeness (QED) is 0.650. The van der Waals surface area contributed by atoms with E-state index in [1.807, 2.05) is 6.07 Å². The molecule has 1 aliphatic carbocycles. The fraction of sp³-hybridized carbons (Fsp3) is 0.250. The van der Waals surface area contributed by atoms with Gasteiger partial charge in [0.15, 0.2) is 0 Å². The van der Waals surface area contributed by atoms with Crippen LogP contribution in [-0.4, -0.2) is 7.11 Å². The molecule has 54 valence electrons. The molecule has 2 nitrogen and oxygen atoms in total. The zero-order chi connectivity index (χ0) is 6.27. The molecule has 0 fully saturated rings. The van der Waals surface area contributed by atoms with E-state index in [1.165, 1.54) is 17.5 Å². The average molecular weight is 137 g/mol. The van der Waals surface area contributed by atoms with Gasteiger partial charge in [-0.25, -0.2) is 0 Å². The molecule has 0 saturated carbocycles. The fourth-order valence-electron chi connectivity index (χ4n) is 1.00. The maximum absolute atomic E-state index is 5.03. The van der Waals surface area contributed by atoms with E-state index in [4.69, 9.17) is 4.74 Å². The Morgan fingerprint density at radius 1 is 1.30 bits per heavy atom. The Morgan fingerprint density at radius 3 is 2.70 bits per heavy atom. The first kappa shape index (κ1) is 7.09.